The van der Waals surface area contributed by atoms with Crippen LogP contribution in [0.4, 0.5) is 5.82 Å². The van der Waals surface area contributed by atoms with Crippen molar-refractivity contribution in [2.24, 2.45) is 0 Å². The molecule has 0 aliphatic heterocycles. The molecule has 7 nitrogen and oxygen atoms in total. The van der Waals surface area contributed by atoms with Crippen molar-refractivity contribution in [1.82, 2.24) is 15.0 Å². The number of benzene rings is 1. The van der Waals surface area contributed by atoms with Crippen LogP contribution in [0.5, 0.6) is 11.5 Å². The van der Waals surface area contributed by atoms with Crippen molar-refractivity contribution in [3.05, 3.63) is 49.0 Å². The molecular formula is C19H16N4O3. The molecular weight excluding hydrogens is 332 g/mol. The van der Waals surface area contributed by atoms with Gasteiger partial charge >= 0.3 is 0 Å². The molecule has 4 rings (SSSR count). The van der Waals surface area contributed by atoms with Crippen LogP contribution in [0.2, 0.25) is 0 Å². The lowest BCUT2D eigenvalue weighted by atomic mass is 10.0. The Morgan fingerprint density at radius 2 is 1.85 bits per heavy atom. The Morgan fingerprint density at radius 1 is 1.00 bits per heavy atom. The van der Waals surface area contributed by atoms with Crippen molar-refractivity contribution >= 4 is 16.9 Å². The van der Waals surface area contributed by atoms with E-state index in [2.05, 4.69) is 15.0 Å². The zero-order valence-corrected chi connectivity index (χ0v) is 14.3. The minimum absolute atomic E-state index is 0.360. The molecule has 0 aliphatic rings. The predicted octanol–water partition coefficient (Wildman–Crippen LogP) is 3.55. The zero-order valence-electron chi connectivity index (χ0n) is 14.3. The summed E-state index contributed by atoms with van der Waals surface area (Å²) in [5.41, 5.74) is 8.99. The number of rotatable bonds is 4. The monoisotopic (exact) mass is 348 g/mol. The molecule has 0 atom stereocenters. The first-order chi connectivity index (χ1) is 12.7. The maximum Gasteiger partial charge on any atom is 0.166 e. The highest BCUT2D eigenvalue weighted by molar-refractivity contribution is 6.01. The molecule has 0 saturated heterocycles. The third kappa shape index (κ3) is 2.59. The van der Waals surface area contributed by atoms with Crippen LogP contribution in [0.1, 0.15) is 0 Å². The Bertz CT molecular complexity index is 1080. The molecule has 26 heavy (non-hydrogen) atoms. The molecule has 3 heterocycles. The van der Waals surface area contributed by atoms with Gasteiger partial charge in [-0.25, -0.2) is 15.0 Å². The van der Waals surface area contributed by atoms with Gasteiger partial charge < -0.3 is 19.6 Å². The number of nitrogen functional groups attached to an aromatic ring is 1. The Hall–Kier alpha value is -3.61. The van der Waals surface area contributed by atoms with Gasteiger partial charge in [-0.05, 0) is 41.5 Å². The summed E-state index contributed by atoms with van der Waals surface area (Å²) in [4.78, 5) is 12.9. The summed E-state index contributed by atoms with van der Waals surface area (Å²) in [6.07, 6.45) is 3.00. The highest BCUT2D eigenvalue weighted by atomic mass is 16.5. The number of aromatic nitrogens is 3. The molecule has 2 N–H and O–H groups in total. The molecule has 3 aromatic heterocycles. The molecule has 7 heteroatoms. The van der Waals surface area contributed by atoms with Crippen molar-refractivity contribution < 1.29 is 13.9 Å². The minimum atomic E-state index is 0.360. The van der Waals surface area contributed by atoms with E-state index in [1.165, 1.54) is 6.33 Å². The average molecular weight is 348 g/mol. The van der Waals surface area contributed by atoms with Gasteiger partial charge in [0.05, 0.1) is 25.9 Å². The van der Waals surface area contributed by atoms with Gasteiger partial charge in [-0.15, -0.1) is 0 Å². The third-order valence-corrected chi connectivity index (χ3v) is 4.10. The van der Waals surface area contributed by atoms with Crippen LogP contribution >= 0.6 is 0 Å². The average Bonchev–Trinajstić information content (AvgIpc) is 3.21. The highest BCUT2D eigenvalue weighted by Crippen LogP contribution is 2.37. The molecule has 0 amide bonds. The van der Waals surface area contributed by atoms with E-state index in [1.54, 1.807) is 20.5 Å². The van der Waals surface area contributed by atoms with E-state index in [1.807, 2.05) is 36.4 Å². The van der Waals surface area contributed by atoms with Crippen LogP contribution in [-0.2, 0) is 0 Å². The molecule has 0 bridgehead atoms. The SMILES string of the molecule is COc1ccc(-c2cc(-c3ccco3)nc3ncnc(N)c23)cc1OC. The smallest absolute Gasteiger partial charge is 0.166 e. The molecule has 0 aliphatic carbocycles. The number of furan rings is 1. The minimum Gasteiger partial charge on any atom is -0.493 e. The Kier molecular flexibility index (Phi) is 3.89. The number of fused-ring (bicyclic) bond motifs is 1. The summed E-state index contributed by atoms with van der Waals surface area (Å²) in [5, 5.41) is 0.676. The van der Waals surface area contributed by atoms with Crippen LogP contribution in [0.15, 0.2) is 53.4 Å². The van der Waals surface area contributed by atoms with Crippen LogP contribution < -0.4 is 15.2 Å². The number of nitrogens with two attached hydrogens (primary N) is 1. The second-order valence-electron chi connectivity index (χ2n) is 5.56. The Balaban J connectivity index is 2.01. The van der Waals surface area contributed by atoms with Crippen molar-refractivity contribution in [3.63, 3.8) is 0 Å². The lowest BCUT2D eigenvalue weighted by Crippen LogP contribution is -1.99. The van der Waals surface area contributed by atoms with Crippen molar-refractivity contribution in [2.45, 2.75) is 0 Å². The predicted molar refractivity (Wildman–Crippen MR) is 98.0 cm³/mol. The standard InChI is InChI=1S/C19H16N4O3/c1-24-15-6-5-11(8-16(15)25-2)12-9-13(14-4-3-7-26-14)23-19-17(12)18(20)21-10-22-19/h3-10H,1-2H3,(H2,20,21,22,23). The summed E-state index contributed by atoms with van der Waals surface area (Å²) in [5.74, 6) is 2.26. The van der Waals surface area contributed by atoms with Gasteiger partial charge in [0.25, 0.3) is 0 Å². The molecule has 4 aromatic rings. The molecule has 130 valence electrons. The van der Waals surface area contributed by atoms with E-state index in [4.69, 9.17) is 19.6 Å². The third-order valence-electron chi connectivity index (χ3n) is 4.10. The number of hydrogen-bond acceptors (Lipinski definition) is 7. The first-order valence-corrected chi connectivity index (χ1v) is 7.88. The number of ether oxygens (including phenoxy) is 2. The van der Waals surface area contributed by atoms with Gasteiger partial charge in [0.15, 0.2) is 22.9 Å². The van der Waals surface area contributed by atoms with E-state index in [9.17, 15) is 0 Å². The van der Waals surface area contributed by atoms with Crippen LogP contribution in [0, 0.1) is 0 Å². The van der Waals surface area contributed by atoms with E-state index in [0.717, 1.165) is 11.1 Å². The fourth-order valence-electron chi connectivity index (χ4n) is 2.87. The van der Waals surface area contributed by atoms with E-state index in [-0.39, 0.29) is 0 Å². The van der Waals surface area contributed by atoms with Crippen molar-refractivity contribution in [1.29, 1.82) is 0 Å². The van der Waals surface area contributed by atoms with Gasteiger partial charge in [-0.2, -0.15) is 0 Å². The Morgan fingerprint density at radius 3 is 2.58 bits per heavy atom. The number of anilines is 1. The topological polar surface area (TPSA) is 96.3 Å². The van der Waals surface area contributed by atoms with Crippen molar-refractivity contribution in [2.75, 3.05) is 20.0 Å². The van der Waals surface area contributed by atoms with Crippen LogP contribution in [0.3, 0.4) is 0 Å². The van der Waals surface area contributed by atoms with Crippen LogP contribution in [-0.4, -0.2) is 29.2 Å². The maximum absolute atomic E-state index is 6.12. The normalized spacial score (nSPS) is 10.8. The summed E-state index contributed by atoms with van der Waals surface area (Å²) in [7, 11) is 3.19. The van der Waals surface area contributed by atoms with Gasteiger partial charge in [0.2, 0.25) is 0 Å². The Labute approximate surface area is 149 Å². The molecule has 0 fully saturated rings. The van der Waals surface area contributed by atoms with E-state index in [0.29, 0.717) is 39.8 Å². The largest absolute Gasteiger partial charge is 0.493 e. The summed E-state index contributed by atoms with van der Waals surface area (Å²) in [6, 6.07) is 11.2. The first kappa shape index (κ1) is 15.9. The molecule has 0 spiro atoms. The molecule has 0 unspecified atom stereocenters. The van der Waals surface area contributed by atoms with Crippen LogP contribution in [0.25, 0.3) is 33.6 Å². The van der Waals surface area contributed by atoms with Gasteiger partial charge in [-0.1, -0.05) is 6.07 Å². The number of nitrogens with zero attached hydrogens (tertiary/aromatic N) is 3. The van der Waals surface area contributed by atoms with E-state index >= 15 is 0 Å². The van der Waals surface area contributed by atoms with Crippen molar-refractivity contribution in [3.8, 4) is 34.1 Å². The molecule has 1 aromatic carbocycles. The van der Waals surface area contributed by atoms with Gasteiger partial charge in [-0.3, -0.25) is 0 Å². The second-order valence-corrected chi connectivity index (χ2v) is 5.56. The second kappa shape index (κ2) is 6.36. The summed E-state index contributed by atoms with van der Waals surface area (Å²) >= 11 is 0. The lowest BCUT2D eigenvalue weighted by Gasteiger charge is -2.13. The summed E-state index contributed by atoms with van der Waals surface area (Å²) in [6.45, 7) is 0. The number of hydrogen-bond donors (Lipinski definition) is 1. The molecule has 0 radical (unpaired) electrons. The van der Waals surface area contributed by atoms with Gasteiger partial charge in [0.1, 0.15) is 17.8 Å². The number of methoxy groups -OCH3 is 2. The fourth-order valence-corrected chi connectivity index (χ4v) is 2.87. The first-order valence-electron chi connectivity index (χ1n) is 7.88. The lowest BCUT2D eigenvalue weighted by molar-refractivity contribution is 0.355. The number of pyridine rings is 1. The maximum atomic E-state index is 6.12. The zero-order chi connectivity index (χ0) is 18.1. The van der Waals surface area contributed by atoms with Gasteiger partial charge in [0, 0.05) is 0 Å². The quantitative estimate of drug-likeness (QED) is 0.602. The fraction of sp³-hybridized carbons (Fsp3) is 0.105. The summed E-state index contributed by atoms with van der Waals surface area (Å²) < 4.78 is 16.2. The molecule has 0 saturated carbocycles. The highest BCUT2D eigenvalue weighted by Gasteiger charge is 2.16. The van der Waals surface area contributed by atoms with E-state index < -0.39 is 0 Å².